The van der Waals surface area contributed by atoms with Crippen LogP contribution in [-0.4, -0.2) is 47.6 Å². The summed E-state index contributed by atoms with van der Waals surface area (Å²) in [7, 11) is 0. The summed E-state index contributed by atoms with van der Waals surface area (Å²) < 4.78 is 19.2. The molecule has 1 aromatic carbocycles. The number of morpholine rings is 1. The fourth-order valence-electron chi connectivity index (χ4n) is 2.22. The molecule has 122 valence electrons. The average Bonchev–Trinajstić information content (AvgIpc) is 3.08. The van der Waals surface area contributed by atoms with Crippen LogP contribution in [0.25, 0.3) is 0 Å². The molecule has 7 nitrogen and oxygen atoms in total. The third kappa shape index (κ3) is 4.40. The van der Waals surface area contributed by atoms with Gasteiger partial charge in [-0.15, -0.1) is 4.37 Å². The van der Waals surface area contributed by atoms with Crippen molar-refractivity contribution in [2.24, 2.45) is 0 Å². The Hall–Kier alpha value is -2.19. The fourth-order valence-corrected chi connectivity index (χ4v) is 2.74. The van der Waals surface area contributed by atoms with Gasteiger partial charge in [0.25, 0.3) is 11.8 Å². The number of hydrogen-bond acceptors (Lipinski definition) is 7. The van der Waals surface area contributed by atoms with Crippen LogP contribution < -0.4 is 15.0 Å². The molecule has 1 aromatic heterocycles. The Morgan fingerprint density at radius 2 is 2.04 bits per heavy atom. The monoisotopic (exact) mass is 334 g/mol. The molecular formula is C15H18N4O3S. The quantitative estimate of drug-likeness (QED) is 0.852. The van der Waals surface area contributed by atoms with Gasteiger partial charge in [-0.3, -0.25) is 4.79 Å². The number of carbonyl (C=O) groups excluding carboxylic acids is 1. The van der Waals surface area contributed by atoms with Crippen molar-refractivity contribution < 1.29 is 14.3 Å². The van der Waals surface area contributed by atoms with E-state index in [0.717, 1.165) is 30.4 Å². The van der Waals surface area contributed by atoms with Crippen LogP contribution in [0.15, 0.2) is 30.3 Å². The van der Waals surface area contributed by atoms with Gasteiger partial charge in [0, 0.05) is 19.6 Å². The van der Waals surface area contributed by atoms with Crippen molar-refractivity contribution in [2.75, 3.05) is 37.8 Å². The largest absolute Gasteiger partial charge is 0.464 e. The third-order valence-corrected chi connectivity index (χ3v) is 3.93. The molecule has 1 aliphatic heterocycles. The predicted molar refractivity (Wildman–Crippen MR) is 86.7 cm³/mol. The van der Waals surface area contributed by atoms with Gasteiger partial charge in [0.15, 0.2) is 6.61 Å². The number of ether oxygens (including phenoxy) is 2. The van der Waals surface area contributed by atoms with E-state index in [-0.39, 0.29) is 12.5 Å². The van der Waals surface area contributed by atoms with E-state index in [0.29, 0.717) is 31.5 Å². The van der Waals surface area contributed by atoms with Crippen molar-refractivity contribution in [3.8, 4) is 5.88 Å². The van der Waals surface area contributed by atoms with Gasteiger partial charge in [0.2, 0.25) is 5.82 Å². The Kier molecular flexibility index (Phi) is 5.38. The Labute approximate surface area is 138 Å². The number of hydrogen-bond donors (Lipinski definition) is 1. The van der Waals surface area contributed by atoms with E-state index in [1.807, 2.05) is 30.3 Å². The number of anilines is 1. The maximum Gasteiger partial charge on any atom is 0.271 e. The maximum atomic E-state index is 11.9. The van der Waals surface area contributed by atoms with E-state index in [1.54, 1.807) is 0 Å². The van der Waals surface area contributed by atoms with Crippen LogP contribution in [0.3, 0.4) is 0 Å². The predicted octanol–water partition coefficient (Wildman–Crippen LogP) is 1.07. The minimum absolute atomic E-state index is 0.0738. The number of benzene rings is 1. The van der Waals surface area contributed by atoms with E-state index in [9.17, 15) is 4.79 Å². The number of aromatic nitrogens is 2. The molecule has 1 saturated heterocycles. The SMILES string of the molecule is O=C(COc1nsnc1N1CCOCC1)NCc1ccccc1. The molecule has 0 unspecified atom stereocenters. The van der Waals surface area contributed by atoms with Crippen molar-refractivity contribution in [3.63, 3.8) is 0 Å². The zero-order chi connectivity index (χ0) is 15.9. The van der Waals surface area contributed by atoms with Crippen molar-refractivity contribution >= 4 is 23.5 Å². The highest BCUT2D eigenvalue weighted by Gasteiger charge is 2.20. The molecule has 2 heterocycles. The Morgan fingerprint density at radius 1 is 1.26 bits per heavy atom. The van der Waals surface area contributed by atoms with Crippen LogP contribution in [0.4, 0.5) is 5.82 Å². The number of amides is 1. The second-order valence-electron chi connectivity index (χ2n) is 5.04. The fraction of sp³-hybridized carbons (Fsp3) is 0.400. The minimum atomic E-state index is -0.185. The van der Waals surface area contributed by atoms with Crippen LogP contribution in [0.1, 0.15) is 5.56 Å². The first-order valence-corrected chi connectivity index (χ1v) is 8.14. The van der Waals surface area contributed by atoms with E-state index < -0.39 is 0 Å². The van der Waals surface area contributed by atoms with Gasteiger partial charge in [0.1, 0.15) is 0 Å². The highest BCUT2D eigenvalue weighted by Crippen LogP contribution is 2.26. The number of rotatable bonds is 6. The summed E-state index contributed by atoms with van der Waals surface area (Å²) in [6.07, 6.45) is 0. The van der Waals surface area contributed by atoms with E-state index in [4.69, 9.17) is 9.47 Å². The molecule has 1 fully saturated rings. The lowest BCUT2D eigenvalue weighted by Crippen LogP contribution is -2.37. The summed E-state index contributed by atoms with van der Waals surface area (Å²) in [4.78, 5) is 13.9. The van der Waals surface area contributed by atoms with Crippen molar-refractivity contribution in [1.82, 2.24) is 14.1 Å². The lowest BCUT2D eigenvalue weighted by Gasteiger charge is -2.26. The zero-order valence-corrected chi connectivity index (χ0v) is 13.4. The molecule has 1 N–H and O–H groups in total. The third-order valence-electron chi connectivity index (χ3n) is 3.43. The van der Waals surface area contributed by atoms with Crippen molar-refractivity contribution in [2.45, 2.75) is 6.54 Å². The van der Waals surface area contributed by atoms with E-state index >= 15 is 0 Å². The molecule has 23 heavy (non-hydrogen) atoms. The first kappa shape index (κ1) is 15.7. The van der Waals surface area contributed by atoms with Crippen LogP contribution in [0.5, 0.6) is 5.88 Å². The number of nitrogens with zero attached hydrogens (tertiary/aromatic N) is 3. The summed E-state index contributed by atoms with van der Waals surface area (Å²) >= 11 is 1.08. The maximum absolute atomic E-state index is 11.9. The summed E-state index contributed by atoms with van der Waals surface area (Å²) in [5.74, 6) is 0.913. The Morgan fingerprint density at radius 3 is 2.83 bits per heavy atom. The van der Waals surface area contributed by atoms with Gasteiger partial charge >= 0.3 is 0 Å². The van der Waals surface area contributed by atoms with Crippen LogP contribution >= 0.6 is 11.7 Å². The zero-order valence-electron chi connectivity index (χ0n) is 12.6. The van der Waals surface area contributed by atoms with E-state index in [1.165, 1.54) is 0 Å². The standard InChI is InChI=1S/C15H18N4O3S/c20-13(16-10-12-4-2-1-3-5-12)11-22-15-14(17-23-18-15)19-6-8-21-9-7-19/h1-5H,6-11H2,(H,16,20). The molecular weight excluding hydrogens is 316 g/mol. The lowest BCUT2D eigenvalue weighted by molar-refractivity contribution is -0.123. The molecule has 2 aromatic rings. The number of carbonyl (C=O) groups is 1. The minimum Gasteiger partial charge on any atom is -0.464 e. The highest BCUT2D eigenvalue weighted by molar-refractivity contribution is 6.99. The van der Waals surface area contributed by atoms with Crippen LogP contribution in [0, 0.1) is 0 Å². The topological polar surface area (TPSA) is 76.6 Å². The molecule has 1 amide bonds. The first-order valence-electron chi connectivity index (χ1n) is 7.41. The Balaban J connectivity index is 1.48. The molecule has 8 heteroatoms. The van der Waals surface area contributed by atoms with Crippen LogP contribution in [0.2, 0.25) is 0 Å². The smallest absolute Gasteiger partial charge is 0.271 e. The van der Waals surface area contributed by atoms with Crippen molar-refractivity contribution in [1.29, 1.82) is 0 Å². The van der Waals surface area contributed by atoms with Crippen LogP contribution in [-0.2, 0) is 16.1 Å². The molecule has 0 saturated carbocycles. The lowest BCUT2D eigenvalue weighted by atomic mass is 10.2. The van der Waals surface area contributed by atoms with Gasteiger partial charge in [0.05, 0.1) is 24.9 Å². The molecule has 1 aliphatic rings. The summed E-state index contributed by atoms with van der Waals surface area (Å²) in [6.45, 7) is 3.23. The second-order valence-corrected chi connectivity index (χ2v) is 5.57. The second kappa shape index (κ2) is 7.89. The molecule has 0 atom stereocenters. The molecule has 3 rings (SSSR count). The number of nitrogens with one attached hydrogen (secondary N) is 1. The van der Waals surface area contributed by atoms with E-state index in [2.05, 4.69) is 19.0 Å². The summed E-state index contributed by atoms with van der Waals surface area (Å²) in [5, 5.41) is 2.82. The van der Waals surface area contributed by atoms with Gasteiger partial charge in [-0.1, -0.05) is 30.3 Å². The molecule has 0 spiro atoms. The highest BCUT2D eigenvalue weighted by atomic mass is 32.1. The van der Waals surface area contributed by atoms with Gasteiger partial charge in [-0.05, 0) is 5.56 Å². The summed E-state index contributed by atoms with van der Waals surface area (Å²) in [6, 6.07) is 9.74. The molecule has 0 radical (unpaired) electrons. The Bertz CT molecular complexity index is 629. The average molecular weight is 334 g/mol. The first-order chi connectivity index (χ1) is 11.3. The van der Waals surface area contributed by atoms with Gasteiger partial charge in [-0.25, -0.2) is 0 Å². The van der Waals surface area contributed by atoms with Crippen molar-refractivity contribution in [3.05, 3.63) is 35.9 Å². The van der Waals surface area contributed by atoms with Gasteiger partial charge < -0.3 is 19.7 Å². The normalized spacial score (nSPS) is 14.5. The van der Waals surface area contributed by atoms with Gasteiger partial charge in [-0.2, -0.15) is 4.37 Å². The molecule has 0 bridgehead atoms. The summed E-state index contributed by atoms with van der Waals surface area (Å²) in [5.41, 5.74) is 1.05. The molecule has 0 aliphatic carbocycles.